The zero-order chi connectivity index (χ0) is 22.9. The van der Waals surface area contributed by atoms with Crippen LogP contribution in [0.4, 0.5) is 0 Å². The van der Waals surface area contributed by atoms with Crippen molar-refractivity contribution < 1.29 is 14.3 Å². The highest BCUT2D eigenvalue weighted by Gasteiger charge is 2.30. The molecule has 0 bridgehead atoms. The Morgan fingerprint density at radius 2 is 1.69 bits per heavy atom. The van der Waals surface area contributed by atoms with Gasteiger partial charge in [0.05, 0.1) is 5.02 Å². The summed E-state index contributed by atoms with van der Waals surface area (Å²) in [5, 5.41) is 3.12. The number of amides is 2. The van der Waals surface area contributed by atoms with Crippen LogP contribution in [0.15, 0.2) is 83.3 Å². The van der Waals surface area contributed by atoms with Gasteiger partial charge in [0.25, 0.3) is 5.91 Å². The maximum Gasteiger partial charge on any atom is 0.261 e. The molecular formula is C25H24BrClN2O3. The topological polar surface area (TPSA) is 58.6 Å². The van der Waals surface area contributed by atoms with Crippen molar-refractivity contribution in [2.45, 2.75) is 19.0 Å². The number of nitrogens with one attached hydrogen (secondary N) is 1. The van der Waals surface area contributed by atoms with Gasteiger partial charge in [-0.1, -0.05) is 82.1 Å². The van der Waals surface area contributed by atoms with E-state index in [-0.39, 0.29) is 25.0 Å². The molecule has 0 aliphatic carbocycles. The van der Waals surface area contributed by atoms with Crippen LogP contribution in [0.2, 0.25) is 5.02 Å². The molecule has 0 aliphatic rings. The lowest BCUT2D eigenvalue weighted by Gasteiger charge is -2.31. The molecule has 3 rings (SSSR count). The second kappa shape index (κ2) is 11.7. The number of carbonyl (C=O) groups is 2. The van der Waals surface area contributed by atoms with Crippen LogP contribution in [0.1, 0.15) is 11.1 Å². The number of halogens is 2. The van der Waals surface area contributed by atoms with Gasteiger partial charge < -0.3 is 15.0 Å². The Kier molecular flexibility index (Phi) is 8.71. The van der Waals surface area contributed by atoms with Gasteiger partial charge in [0.15, 0.2) is 6.61 Å². The van der Waals surface area contributed by atoms with Crippen molar-refractivity contribution in [1.29, 1.82) is 0 Å². The van der Waals surface area contributed by atoms with Gasteiger partial charge in [-0.3, -0.25) is 9.59 Å². The standard InChI is InChI=1S/C25H24BrClN2O3/c1-28-25(31)22(15-18-8-3-2-4-9-18)29(16-19-10-7-11-20(26)14-19)24(30)17-32-23-13-6-5-12-21(23)27/h2-14,22H,15-17H2,1H3,(H,28,31)/t22-/m1/s1. The summed E-state index contributed by atoms with van der Waals surface area (Å²) in [7, 11) is 1.57. The number of para-hydroxylation sites is 1. The van der Waals surface area contributed by atoms with E-state index in [1.54, 1.807) is 36.2 Å². The fourth-order valence-corrected chi connectivity index (χ4v) is 3.97. The predicted molar refractivity (Wildman–Crippen MR) is 130 cm³/mol. The molecule has 2 amide bonds. The average molecular weight is 516 g/mol. The molecule has 0 heterocycles. The van der Waals surface area contributed by atoms with E-state index in [0.29, 0.717) is 17.2 Å². The normalized spacial score (nSPS) is 11.5. The zero-order valence-electron chi connectivity index (χ0n) is 17.6. The van der Waals surface area contributed by atoms with Crippen molar-refractivity contribution >= 4 is 39.3 Å². The first kappa shape index (κ1) is 23.8. The van der Waals surface area contributed by atoms with Crippen molar-refractivity contribution in [3.8, 4) is 5.75 Å². The molecule has 0 fully saturated rings. The summed E-state index contributed by atoms with van der Waals surface area (Å²) in [5.41, 5.74) is 1.85. The quantitative estimate of drug-likeness (QED) is 0.442. The lowest BCUT2D eigenvalue weighted by atomic mass is 10.0. The van der Waals surface area contributed by atoms with Crippen LogP contribution in [0.5, 0.6) is 5.75 Å². The highest BCUT2D eigenvalue weighted by Crippen LogP contribution is 2.24. The summed E-state index contributed by atoms with van der Waals surface area (Å²) in [6.45, 7) is 0.0229. The fraction of sp³-hybridized carbons (Fsp3) is 0.200. The number of hydrogen-bond donors (Lipinski definition) is 1. The minimum Gasteiger partial charge on any atom is -0.482 e. The van der Waals surface area contributed by atoms with Gasteiger partial charge in [0.1, 0.15) is 11.8 Å². The van der Waals surface area contributed by atoms with E-state index in [4.69, 9.17) is 16.3 Å². The van der Waals surface area contributed by atoms with E-state index >= 15 is 0 Å². The van der Waals surface area contributed by atoms with Crippen molar-refractivity contribution in [2.24, 2.45) is 0 Å². The summed E-state index contributed by atoms with van der Waals surface area (Å²) in [6.07, 6.45) is 0.381. The molecule has 3 aromatic carbocycles. The Morgan fingerprint density at radius 1 is 1.00 bits per heavy atom. The van der Waals surface area contributed by atoms with Gasteiger partial charge in [0.2, 0.25) is 5.91 Å². The van der Waals surface area contributed by atoms with Crippen molar-refractivity contribution in [3.63, 3.8) is 0 Å². The second-order valence-corrected chi connectivity index (χ2v) is 8.51. The molecule has 1 N–H and O–H groups in total. The minimum absolute atomic E-state index is 0.236. The second-order valence-electron chi connectivity index (χ2n) is 7.19. The number of rotatable bonds is 9. The number of ether oxygens (including phenoxy) is 1. The summed E-state index contributed by atoms with van der Waals surface area (Å²) >= 11 is 9.63. The monoisotopic (exact) mass is 514 g/mol. The molecule has 0 unspecified atom stereocenters. The molecule has 0 aliphatic heterocycles. The number of carbonyl (C=O) groups excluding carboxylic acids is 2. The molecule has 166 valence electrons. The third-order valence-corrected chi connectivity index (χ3v) is 5.75. The molecular weight excluding hydrogens is 492 g/mol. The smallest absolute Gasteiger partial charge is 0.261 e. The fourth-order valence-electron chi connectivity index (χ4n) is 3.34. The average Bonchev–Trinajstić information content (AvgIpc) is 2.81. The van der Waals surface area contributed by atoms with Gasteiger partial charge in [-0.25, -0.2) is 0 Å². The first-order valence-corrected chi connectivity index (χ1v) is 11.3. The molecule has 32 heavy (non-hydrogen) atoms. The van der Waals surface area contributed by atoms with Gasteiger partial charge in [-0.15, -0.1) is 0 Å². The molecule has 3 aromatic rings. The molecule has 1 atom stereocenters. The van der Waals surface area contributed by atoms with Crippen LogP contribution >= 0.6 is 27.5 Å². The Morgan fingerprint density at radius 3 is 2.38 bits per heavy atom. The molecule has 0 radical (unpaired) electrons. The molecule has 0 spiro atoms. The molecule has 7 heteroatoms. The Labute approximate surface area is 201 Å². The third-order valence-electron chi connectivity index (χ3n) is 4.95. The SMILES string of the molecule is CNC(=O)[C@@H](Cc1ccccc1)N(Cc1cccc(Br)c1)C(=O)COc1ccccc1Cl. The number of likely N-dealkylation sites (N-methyl/N-ethyl adjacent to an activating group) is 1. The van der Waals surface area contributed by atoms with Crippen molar-refractivity contribution in [1.82, 2.24) is 10.2 Å². The van der Waals surface area contributed by atoms with Crippen LogP contribution in [-0.4, -0.2) is 36.4 Å². The Balaban J connectivity index is 1.88. The molecule has 0 saturated heterocycles. The van der Waals surface area contributed by atoms with Gasteiger partial charge in [0, 0.05) is 24.5 Å². The number of hydrogen-bond acceptors (Lipinski definition) is 3. The maximum absolute atomic E-state index is 13.3. The van der Waals surface area contributed by atoms with E-state index in [0.717, 1.165) is 15.6 Å². The van der Waals surface area contributed by atoms with E-state index in [1.807, 2.05) is 54.6 Å². The van der Waals surface area contributed by atoms with E-state index in [2.05, 4.69) is 21.2 Å². The number of nitrogens with zero attached hydrogens (tertiary/aromatic N) is 1. The summed E-state index contributed by atoms with van der Waals surface area (Å²) in [4.78, 5) is 27.8. The summed E-state index contributed by atoms with van der Waals surface area (Å²) in [5.74, 6) is -0.131. The summed E-state index contributed by atoms with van der Waals surface area (Å²) < 4.78 is 6.59. The van der Waals surface area contributed by atoms with E-state index in [1.165, 1.54) is 0 Å². The van der Waals surface area contributed by atoms with E-state index in [9.17, 15) is 9.59 Å². The van der Waals surface area contributed by atoms with Crippen LogP contribution in [0.3, 0.4) is 0 Å². The zero-order valence-corrected chi connectivity index (χ0v) is 20.0. The van der Waals surface area contributed by atoms with Crippen molar-refractivity contribution in [2.75, 3.05) is 13.7 Å². The van der Waals surface area contributed by atoms with Crippen molar-refractivity contribution in [3.05, 3.63) is 99.5 Å². The van der Waals surface area contributed by atoms with E-state index < -0.39 is 6.04 Å². The van der Waals surface area contributed by atoms with Crippen LogP contribution in [0, 0.1) is 0 Å². The Bertz CT molecular complexity index is 1060. The largest absolute Gasteiger partial charge is 0.482 e. The summed E-state index contributed by atoms with van der Waals surface area (Å²) in [6, 6.07) is 23.6. The molecule has 0 saturated carbocycles. The Hall–Kier alpha value is -2.83. The number of benzene rings is 3. The van der Waals surface area contributed by atoms with Crippen LogP contribution in [0.25, 0.3) is 0 Å². The van der Waals surface area contributed by atoms with Gasteiger partial charge in [-0.05, 0) is 35.4 Å². The lowest BCUT2D eigenvalue weighted by molar-refractivity contribution is -0.142. The van der Waals surface area contributed by atoms with Gasteiger partial charge in [-0.2, -0.15) is 0 Å². The third kappa shape index (κ3) is 6.58. The highest BCUT2D eigenvalue weighted by atomic mass is 79.9. The predicted octanol–water partition coefficient (Wildman–Crippen LogP) is 4.87. The molecule has 5 nitrogen and oxygen atoms in total. The molecule has 0 aromatic heterocycles. The van der Waals surface area contributed by atoms with Gasteiger partial charge >= 0.3 is 0 Å². The minimum atomic E-state index is -0.705. The first-order valence-electron chi connectivity index (χ1n) is 10.1. The highest BCUT2D eigenvalue weighted by molar-refractivity contribution is 9.10. The lowest BCUT2D eigenvalue weighted by Crippen LogP contribution is -2.51. The first-order chi connectivity index (χ1) is 15.5. The van der Waals surface area contributed by atoms with Crippen LogP contribution < -0.4 is 10.1 Å². The maximum atomic E-state index is 13.3. The van der Waals surface area contributed by atoms with Crippen LogP contribution in [-0.2, 0) is 22.6 Å².